The molecule has 1 atom stereocenters. The van der Waals surface area contributed by atoms with Crippen LogP contribution in [0.2, 0.25) is 5.02 Å². The highest BCUT2D eigenvalue weighted by Gasteiger charge is 2.22. The van der Waals surface area contributed by atoms with Crippen molar-refractivity contribution in [3.63, 3.8) is 0 Å². The van der Waals surface area contributed by atoms with Gasteiger partial charge in [-0.25, -0.2) is 0 Å². The van der Waals surface area contributed by atoms with E-state index in [1.165, 1.54) is 18.2 Å². The number of benzene rings is 3. The lowest BCUT2D eigenvalue weighted by atomic mass is 9.97. The molecule has 0 spiro atoms. The number of halogens is 1. The molecule has 0 N–H and O–H groups in total. The predicted molar refractivity (Wildman–Crippen MR) is 135 cm³/mol. The Morgan fingerprint density at radius 2 is 1.73 bits per heavy atom. The molecule has 3 aromatic carbocycles. The topological polar surface area (TPSA) is 52.6 Å². The lowest BCUT2D eigenvalue weighted by molar-refractivity contribution is 0.168. The number of aryl methyl sites for hydroxylation is 2. The Kier molecular flexibility index (Phi) is 8.14. The normalized spacial score (nSPS) is 12.6. The van der Waals surface area contributed by atoms with Crippen LogP contribution in [0, 0.1) is 13.8 Å². The van der Waals surface area contributed by atoms with Gasteiger partial charge in [-0.15, -0.1) is 0 Å². The van der Waals surface area contributed by atoms with Crippen molar-refractivity contribution in [3.8, 4) is 16.9 Å². The SMILES string of the molecule is C=CC(COS(=O)(=O)c1ccc(C)cc1)Oc1c(C=CC)ccc(Cl)c1-c1ccccc1C. The first-order chi connectivity index (χ1) is 15.8. The fourth-order valence-electron chi connectivity index (χ4n) is 3.35. The van der Waals surface area contributed by atoms with Gasteiger partial charge in [0.05, 0.1) is 9.92 Å². The Bertz CT molecular complexity index is 1260. The van der Waals surface area contributed by atoms with Crippen molar-refractivity contribution in [1.29, 1.82) is 0 Å². The van der Waals surface area contributed by atoms with E-state index >= 15 is 0 Å². The zero-order chi connectivity index (χ0) is 24.0. The van der Waals surface area contributed by atoms with E-state index in [4.69, 9.17) is 20.5 Å². The van der Waals surface area contributed by atoms with E-state index in [2.05, 4.69) is 6.58 Å². The molecule has 0 heterocycles. The van der Waals surface area contributed by atoms with Crippen molar-refractivity contribution >= 4 is 27.8 Å². The molecular weight excluding hydrogens is 456 g/mol. The summed E-state index contributed by atoms with van der Waals surface area (Å²) in [6.45, 7) is 9.38. The third-order valence-corrected chi connectivity index (χ3v) is 6.74. The van der Waals surface area contributed by atoms with Gasteiger partial charge in [0.1, 0.15) is 18.5 Å². The van der Waals surface area contributed by atoms with Crippen molar-refractivity contribution in [2.75, 3.05) is 6.61 Å². The lowest BCUT2D eigenvalue weighted by Gasteiger charge is -2.22. The quantitative estimate of drug-likeness (QED) is 0.243. The first kappa shape index (κ1) is 24.8. The molecule has 33 heavy (non-hydrogen) atoms. The van der Waals surface area contributed by atoms with Gasteiger partial charge in [-0.1, -0.05) is 72.3 Å². The molecular formula is C27H27ClO4S. The monoisotopic (exact) mass is 482 g/mol. The summed E-state index contributed by atoms with van der Waals surface area (Å²) in [6, 6.07) is 18.0. The van der Waals surface area contributed by atoms with E-state index in [9.17, 15) is 8.42 Å². The third-order valence-electron chi connectivity index (χ3n) is 5.13. The minimum atomic E-state index is -3.94. The average Bonchev–Trinajstić information content (AvgIpc) is 2.79. The Morgan fingerprint density at radius 1 is 1.03 bits per heavy atom. The Balaban J connectivity index is 1.95. The average molecular weight is 483 g/mol. The van der Waals surface area contributed by atoms with Crippen LogP contribution in [0.15, 0.2) is 84.3 Å². The van der Waals surface area contributed by atoms with Crippen LogP contribution in [-0.4, -0.2) is 21.1 Å². The zero-order valence-electron chi connectivity index (χ0n) is 18.9. The molecule has 172 valence electrons. The van der Waals surface area contributed by atoms with Gasteiger partial charge in [0.15, 0.2) is 0 Å². The molecule has 0 amide bonds. The van der Waals surface area contributed by atoms with E-state index in [1.807, 2.05) is 69.3 Å². The molecule has 0 aliphatic rings. The summed E-state index contributed by atoms with van der Waals surface area (Å²) in [6.07, 6.45) is 4.61. The van der Waals surface area contributed by atoms with Crippen molar-refractivity contribution < 1.29 is 17.3 Å². The van der Waals surface area contributed by atoms with Crippen molar-refractivity contribution in [1.82, 2.24) is 0 Å². The molecule has 0 saturated heterocycles. The van der Waals surface area contributed by atoms with Gasteiger partial charge in [0, 0.05) is 11.1 Å². The molecule has 0 aromatic heterocycles. The summed E-state index contributed by atoms with van der Waals surface area (Å²) in [5.74, 6) is 0.538. The number of ether oxygens (including phenoxy) is 1. The van der Waals surface area contributed by atoms with Crippen molar-refractivity contribution in [2.24, 2.45) is 0 Å². The van der Waals surface area contributed by atoms with E-state index in [0.717, 1.165) is 27.8 Å². The molecule has 0 radical (unpaired) electrons. The van der Waals surface area contributed by atoms with Gasteiger partial charge >= 0.3 is 0 Å². The molecule has 3 aromatic rings. The summed E-state index contributed by atoms with van der Waals surface area (Å²) >= 11 is 6.62. The molecule has 6 heteroatoms. The molecule has 0 aliphatic carbocycles. The van der Waals surface area contributed by atoms with Gasteiger partial charge in [0.2, 0.25) is 0 Å². The fraction of sp³-hybridized carbons (Fsp3) is 0.185. The van der Waals surface area contributed by atoms with Crippen LogP contribution in [0.5, 0.6) is 5.75 Å². The van der Waals surface area contributed by atoms with Crippen molar-refractivity contribution in [3.05, 3.63) is 101 Å². The molecule has 0 saturated carbocycles. The first-order valence-electron chi connectivity index (χ1n) is 10.5. The van der Waals surface area contributed by atoms with E-state index in [1.54, 1.807) is 12.1 Å². The predicted octanol–water partition coefficient (Wildman–Crippen LogP) is 7.00. The van der Waals surface area contributed by atoms with Gasteiger partial charge in [-0.2, -0.15) is 8.42 Å². The first-order valence-corrected chi connectivity index (χ1v) is 12.3. The smallest absolute Gasteiger partial charge is 0.297 e. The number of rotatable bonds is 9. The van der Waals surface area contributed by atoms with Crippen LogP contribution in [0.25, 0.3) is 17.2 Å². The van der Waals surface area contributed by atoms with Gasteiger partial charge < -0.3 is 4.74 Å². The van der Waals surface area contributed by atoms with Crippen LogP contribution >= 0.6 is 11.6 Å². The third kappa shape index (κ3) is 5.93. The summed E-state index contributed by atoms with van der Waals surface area (Å²) in [7, 11) is -3.94. The summed E-state index contributed by atoms with van der Waals surface area (Å²) in [4.78, 5) is 0.0915. The lowest BCUT2D eigenvalue weighted by Crippen LogP contribution is -2.23. The van der Waals surface area contributed by atoms with Crippen LogP contribution in [0.1, 0.15) is 23.6 Å². The van der Waals surface area contributed by atoms with Gasteiger partial charge in [-0.3, -0.25) is 4.18 Å². The summed E-state index contributed by atoms with van der Waals surface area (Å²) in [5.41, 5.74) is 4.48. The second-order valence-electron chi connectivity index (χ2n) is 7.60. The van der Waals surface area contributed by atoms with Crippen LogP contribution in [-0.2, 0) is 14.3 Å². The largest absolute Gasteiger partial charge is 0.483 e. The molecule has 0 bridgehead atoms. The molecule has 3 rings (SSSR count). The van der Waals surface area contributed by atoms with Gasteiger partial charge in [0.25, 0.3) is 10.1 Å². The Labute approximate surface area is 201 Å². The molecule has 1 unspecified atom stereocenters. The highest BCUT2D eigenvalue weighted by molar-refractivity contribution is 7.86. The standard InChI is InChI=1S/C27H27ClO4S/c1-5-9-21-14-17-25(28)26(24-11-8-7-10-20(24)4)27(21)32-22(6-2)18-31-33(29,30)23-15-12-19(3)13-16-23/h5-17,22H,2,18H2,1,3-4H3. The maximum absolute atomic E-state index is 12.6. The Morgan fingerprint density at radius 3 is 2.36 bits per heavy atom. The van der Waals surface area contributed by atoms with E-state index in [-0.39, 0.29) is 11.5 Å². The second-order valence-corrected chi connectivity index (χ2v) is 9.62. The van der Waals surface area contributed by atoms with Crippen LogP contribution < -0.4 is 4.74 Å². The number of allylic oxidation sites excluding steroid dienone is 1. The zero-order valence-corrected chi connectivity index (χ0v) is 20.5. The number of hydrogen-bond donors (Lipinski definition) is 0. The maximum atomic E-state index is 12.6. The summed E-state index contributed by atoms with van der Waals surface area (Å²) < 4.78 is 36.8. The Hall–Kier alpha value is -2.86. The van der Waals surface area contributed by atoms with Crippen LogP contribution in [0.4, 0.5) is 0 Å². The van der Waals surface area contributed by atoms with Crippen LogP contribution in [0.3, 0.4) is 0 Å². The minimum Gasteiger partial charge on any atom is -0.483 e. The van der Waals surface area contributed by atoms with Crippen molar-refractivity contribution in [2.45, 2.75) is 31.8 Å². The summed E-state index contributed by atoms with van der Waals surface area (Å²) in [5, 5.41) is 0.531. The van der Waals surface area contributed by atoms with E-state index < -0.39 is 16.2 Å². The highest BCUT2D eigenvalue weighted by atomic mass is 35.5. The highest BCUT2D eigenvalue weighted by Crippen LogP contribution is 2.41. The molecule has 4 nitrogen and oxygen atoms in total. The second kappa shape index (κ2) is 10.8. The van der Waals surface area contributed by atoms with E-state index in [0.29, 0.717) is 10.8 Å². The maximum Gasteiger partial charge on any atom is 0.297 e. The molecule has 0 fully saturated rings. The fourth-order valence-corrected chi connectivity index (χ4v) is 4.52. The molecule has 0 aliphatic heterocycles. The van der Waals surface area contributed by atoms with Gasteiger partial charge in [-0.05, 0) is 62.2 Å². The number of hydrogen-bond acceptors (Lipinski definition) is 4. The minimum absolute atomic E-state index is 0.0915.